The van der Waals surface area contributed by atoms with E-state index in [4.69, 9.17) is 5.11 Å². The second-order valence-corrected chi connectivity index (χ2v) is 3.60. The van der Waals surface area contributed by atoms with Gasteiger partial charge in [0.25, 0.3) is 0 Å². The van der Waals surface area contributed by atoms with Gasteiger partial charge in [-0.2, -0.15) is 0 Å². The Kier molecular flexibility index (Phi) is 3.39. The van der Waals surface area contributed by atoms with Crippen LogP contribution in [-0.4, -0.2) is 11.1 Å². The highest BCUT2D eigenvalue weighted by atomic mass is 19.2. The molecule has 1 aromatic carbocycles. The zero-order valence-electron chi connectivity index (χ0n) is 8.55. The lowest BCUT2D eigenvalue weighted by Crippen LogP contribution is -2.06. The number of halogens is 2. The van der Waals surface area contributed by atoms with Gasteiger partial charge < -0.3 is 5.11 Å². The summed E-state index contributed by atoms with van der Waals surface area (Å²) in [4.78, 5) is 10.4. The predicted molar refractivity (Wildman–Crippen MR) is 51.8 cm³/mol. The van der Waals surface area contributed by atoms with Crippen molar-refractivity contribution < 1.29 is 18.7 Å². The summed E-state index contributed by atoms with van der Waals surface area (Å²) in [6.07, 6.45) is -0.209. The Bertz CT molecular complexity index is 388. The lowest BCUT2D eigenvalue weighted by molar-refractivity contribution is -0.137. The van der Waals surface area contributed by atoms with Gasteiger partial charge in [-0.15, -0.1) is 0 Å². The molecule has 15 heavy (non-hydrogen) atoms. The molecule has 0 aliphatic rings. The van der Waals surface area contributed by atoms with Gasteiger partial charge in [0.05, 0.1) is 6.42 Å². The zero-order chi connectivity index (χ0) is 11.6. The van der Waals surface area contributed by atoms with E-state index in [1.807, 2.05) is 0 Å². The Morgan fingerprint density at radius 3 is 2.53 bits per heavy atom. The largest absolute Gasteiger partial charge is 0.481 e. The van der Waals surface area contributed by atoms with E-state index >= 15 is 0 Å². The van der Waals surface area contributed by atoms with Gasteiger partial charge in [-0.3, -0.25) is 4.79 Å². The maximum atomic E-state index is 13.4. The first kappa shape index (κ1) is 11.6. The number of carboxylic acid groups (broad SMARTS) is 1. The van der Waals surface area contributed by atoms with Crippen molar-refractivity contribution in [2.45, 2.75) is 26.2 Å². The third-order valence-corrected chi connectivity index (χ3v) is 2.32. The fourth-order valence-electron chi connectivity index (χ4n) is 1.41. The van der Waals surface area contributed by atoms with Crippen LogP contribution in [0, 0.1) is 18.6 Å². The third kappa shape index (κ3) is 2.52. The highest BCUT2D eigenvalue weighted by Crippen LogP contribution is 2.25. The Hall–Kier alpha value is -1.45. The van der Waals surface area contributed by atoms with Crippen molar-refractivity contribution in [3.05, 3.63) is 34.9 Å². The topological polar surface area (TPSA) is 37.3 Å². The quantitative estimate of drug-likeness (QED) is 0.840. The van der Waals surface area contributed by atoms with E-state index in [0.29, 0.717) is 0 Å². The first-order chi connectivity index (χ1) is 6.93. The lowest BCUT2D eigenvalue weighted by atomic mass is 9.96. The lowest BCUT2D eigenvalue weighted by Gasteiger charge is -2.11. The molecule has 1 atom stereocenters. The third-order valence-electron chi connectivity index (χ3n) is 2.32. The molecule has 4 heteroatoms. The van der Waals surface area contributed by atoms with Crippen molar-refractivity contribution in [1.82, 2.24) is 0 Å². The minimum absolute atomic E-state index is 0.112. The summed E-state index contributed by atoms with van der Waals surface area (Å²) in [5.41, 5.74) is 0.333. The van der Waals surface area contributed by atoms with E-state index in [9.17, 15) is 13.6 Å². The molecule has 1 aromatic rings. The Morgan fingerprint density at radius 2 is 2.00 bits per heavy atom. The number of hydrogen-bond acceptors (Lipinski definition) is 1. The molecule has 1 N–H and O–H groups in total. The summed E-state index contributed by atoms with van der Waals surface area (Å²) < 4.78 is 26.6. The summed E-state index contributed by atoms with van der Waals surface area (Å²) in [5, 5.41) is 8.54. The Balaban J connectivity index is 3.05. The average Bonchev–Trinajstić information content (AvgIpc) is 2.13. The number of aliphatic carboxylic acids is 1. The minimum atomic E-state index is -1.03. The van der Waals surface area contributed by atoms with E-state index in [-0.39, 0.29) is 17.5 Å². The summed E-state index contributed by atoms with van der Waals surface area (Å²) in [5.74, 6) is -3.39. The summed E-state index contributed by atoms with van der Waals surface area (Å²) in [6.45, 7) is 3.02. The molecule has 0 saturated heterocycles. The molecule has 1 rings (SSSR count). The Labute approximate surface area is 86.5 Å². The monoisotopic (exact) mass is 214 g/mol. The number of rotatable bonds is 3. The smallest absolute Gasteiger partial charge is 0.303 e. The van der Waals surface area contributed by atoms with Crippen LogP contribution in [0.4, 0.5) is 8.78 Å². The van der Waals surface area contributed by atoms with Gasteiger partial charge in [0.15, 0.2) is 11.6 Å². The molecule has 0 amide bonds. The van der Waals surface area contributed by atoms with E-state index in [1.54, 1.807) is 6.92 Å². The van der Waals surface area contributed by atoms with Gasteiger partial charge in [-0.25, -0.2) is 8.78 Å². The second-order valence-electron chi connectivity index (χ2n) is 3.60. The van der Waals surface area contributed by atoms with Crippen LogP contribution in [0.15, 0.2) is 12.1 Å². The van der Waals surface area contributed by atoms with Gasteiger partial charge in [0.2, 0.25) is 0 Å². The van der Waals surface area contributed by atoms with Crippen LogP contribution < -0.4 is 0 Å². The van der Waals surface area contributed by atoms with Crippen molar-refractivity contribution in [2.24, 2.45) is 0 Å². The number of benzene rings is 1. The predicted octanol–water partition coefficient (Wildman–Crippen LogP) is 2.85. The molecule has 0 saturated carbocycles. The highest BCUT2D eigenvalue weighted by Gasteiger charge is 2.18. The second kappa shape index (κ2) is 4.38. The SMILES string of the molecule is Cc1ccc(C(C)CC(=O)O)c(F)c1F. The first-order valence-electron chi connectivity index (χ1n) is 4.59. The first-order valence-corrected chi connectivity index (χ1v) is 4.59. The van der Waals surface area contributed by atoms with Gasteiger partial charge in [-0.1, -0.05) is 19.1 Å². The fraction of sp³-hybridized carbons (Fsp3) is 0.364. The van der Waals surface area contributed by atoms with Crippen molar-refractivity contribution in [2.75, 3.05) is 0 Å². The molecule has 1 unspecified atom stereocenters. The average molecular weight is 214 g/mol. The fourth-order valence-corrected chi connectivity index (χ4v) is 1.41. The van der Waals surface area contributed by atoms with Crippen molar-refractivity contribution in [3.63, 3.8) is 0 Å². The van der Waals surface area contributed by atoms with Crippen LogP contribution >= 0.6 is 0 Å². The van der Waals surface area contributed by atoms with Gasteiger partial charge in [0, 0.05) is 0 Å². The maximum Gasteiger partial charge on any atom is 0.303 e. The minimum Gasteiger partial charge on any atom is -0.481 e. The maximum absolute atomic E-state index is 13.4. The number of hydrogen-bond donors (Lipinski definition) is 1. The molecule has 0 aliphatic carbocycles. The molecule has 0 radical (unpaired) electrons. The van der Waals surface area contributed by atoms with E-state index in [1.165, 1.54) is 19.1 Å². The standard InChI is InChI=1S/C11H12F2O2/c1-6-3-4-8(11(13)10(6)12)7(2)5-9(14)15/h3-4,7H,5H2,1-2H3,(H,14,15). The molecular formula is C11H12F2O2. The van der Waals surface area contributed by atoms with Crippen LogP contribution in [0.3, 0.4) is 0 Å². The number of aryl methyl sites for hydroxylation is 1. The van der Waals surface area contributed by atoms with Gasteiger partial charge in [-0.05, 0) is 24.0 Å². The van der Waals surface area contributed by atoms with Crippen molar-refractivity contribution >= 4 is 5.97 Å². The molecule has 0 spiro atoms. The summed E-state index contributed by atoms with van der Waals surface area (Å²) in [6, 6.07) is 2.88. The van der Waals surface area contributed by atoms with E-state index in [0.717, 1.165) is 0 Å². The van der Waals surface area contributed by atoms with Gasteiger partial charge in [0.1, 0.15) is 0 Å². The van der Waals surface area contributed by atoms with Crippen LogP contribution in [0.25, 0.3) is 0 Å². The summed E-state index contributed by atoms with van der Waals surface area (Å²) >= 11 is 0. The molecule has 0 fully saturated rings. The normalized spacial score (nSPS) is 12.5. The molecule has 2 nitrogen and oxygen atoms in total. The molecular weight excluding hydrogens is 202 g/mol. The van der Waals surface area contributed by atoms with Crippen LogP contribution in [0.1, 0.15) is 30.4 Å². The molecule has 0 aliphatic heterocycles. The van der Waals surface area contributed by atoms with Crippen LogP contribution in [0.2, 0.25) is 0 Å². The van der Waals surface area contributed by atoms with Crippen molar-refractivity contribution in [1.29, 1.82) is 0 Å². The zero-order valence-corrected chi connectivity index (χ0v) is 8.55. The Morgan fingerprint density at radius 1 is 1.40 bits per heavy atom. The van der Waals surface area contributed by atoms with Crippen LogP contribution in [0.5, 0.6) is 0 Å². The van der Waals surface area contributed by atoms with E-state index in [2.05, 4.69) is 0 Å². The van der Waals surface area contributed by atoms with Crippen molar-refractivity contribution in [3.8, 4) is 0 Å². The molecule has 0 aromatic heterocycles. The van der Waals surface area contributed by atoms with E-state index < -0.39 is 23.5 Å². The van der Waals surface area contributed by atoms with Crippen LogP contribution in [-0.2, 0) is 4.79 Å². The number of carboxylic acids is 1. The molecule has 0 bridgehead atoms. The molecule has 0 heterocycles. The number of carbonyl (C=O) groups is 1. The molecule has 82 valence electrons. The highest BCUT2D eigenvalue weighted by molar-refractivity contribution is 5.68. The van der Waals surface area contributed by atoms with Gasteiger partial charge >= 0.3 is 5.97 Å². The summed E-state index contributed by atoms with van der Waals surface area (Å²) in [7, 11) is 0.